The molecular formula is C22H29N3O6S. The van der Waals surface area contributed by atoms with Crippen molar-refractivity contribution >= 4 is 27.5 Å². The van der Waals surface area contributed by atoms with Gasteiger partial charge in [0.2, 0.25) is 21.8 Å². The van der Waals surface area contributed by atoms with E-state index < -0.39 is 28.6 Å². The Balaban J connectivity index is 1.80. The van der Waals surface area contributed by atoms with Crippen LogP contribution >= 0.6 is 0 Å². The first-order valence-corrected chi connectivity index (χ1v) is 11.5. The molecule has 10 heteroatoms. The number of carbonyl (C=O) groups excluding carboxylic acids is 2. The van der Waals surface area contributed by atoms with Crippen LogP contribution in [0.3, 0.4) is 0 Å². The highest BCUT2D eigenvalue weighted by Gasteiger charge is 2.23. The third-order valence-electron chi connectivity index (χ3n) is 4.59. The third kappa shape index (κ3) is 7.72. The van der Waals surface area contributed by atoms with Gasteiger partial charge in [0.1, 0.15) is 0 Å². The first kappa shape index (κ1) is 25.5. The number of aliphatic hydroxyl groups excluding tert-OH is 1. The highest BCUT2D eigenvalue weighted by Crippen LogP contribution is 2.18. The lowest BCUT2D eigenvalue weighted by molar-refractivity contribution is -0.122. The van der Waals surface area contributed by atoms with Gasteiger partial charge in [0.05, 0.1) is 30.3 Å². The normalized spacial score (nSPS) is 13.4. The molecule has 0 radical (unpaired) electrons. The molecule has 2 rings (SSSR count). The summed E-state index contributed by atoms with van der Waals surface area (Å²) >= 11 is 0. The van der Waals surface area contributed by atoms with E-state index in [1.54, 1.807) is 0 Å². The number of hydrogen-bond acceptors (Lipinski definition) is 6. The van der Waals surface area contributed by atoms with Gasteiger partial charge in [-0.3, -0.25) is 9.59 Å². The molecule has 2 aromatic rings. The lowest BCUT2D eigenvalue weighted by Crippen LogP contribution is -2.41. The number of nitrogens with zero attached hydrogens (tertiary/aromatic N) is 1. The Hall–Kier alpha value is -2.79. The first-order valence-electron chi connectivity index (χ1n) is 10.0. The largest absolute Gasteiger partial charge is 0.389 e. The van der Waals surface area contributed by atoms with Crippen molar-refractivity contribution in [2.75, 3.05) is 32.1 Å². The molecule has 9 nitrogen and oxygen atoms in total. The number of amides is 2. The van der Waals surface area contributed by atoms with Crippen LogP contribution in [0.25, 0.3) is 0 Å². The van der Waals surface area contributed by atoms with Crippen LogP contribution in [-0.2, 0) is 24.3 Å². The molecule has 0 fully saturated rings. The van der Waals surface area contributed by atoms with Crippen molar-refractivity contribution in [2.24, 2.45) is 0 Å². The van der Waals surface area contributed by atoms with Crippen molar-refractivity contribution in [1.82, 2.24) is 9.62 Å². The van der Waals surface area contributed by atoms with Gasteiger partial charge in [-0.15, -0.1) is 0 Å². The van der Waals surface area contributed by atoms with E-state index in [0.717, 1.165) is 9.87 Å². The van der Waals surface area contributed by atoms with Gasteiger partial charge in [-0.2, -0.15) is 4.31 Å². The monoisotopic (exact) mass is 463 g/mol. The number of rotatable bonds is 11. The summed E-state index contributed by atoms with van der Waals surface area (Å²) in [4.78, 5) is 23.2. The number of hydrogen-bond donors (Lipinski definition) is 3. The number of carbonyl (C=O) groups is 2. The number of anilines is 1. The second-order valence-electron chi connectivity index (χ2n) is 7.31. The van der Waals surface area contributed by atoms with Crippen molar-refractivity contribution in [2.45, 2.75) is 31.0 Å². The van der Waals surface area contributed by atoms with E-state index in [4.69, 9.17) is 4.74 Å². The van der Waals surface area contributed by atoms with Gasteiger partial charge in [0.25, 0.3) is 0 Å². The van der Waals surface area contributed by atoms with E-state index >= 15 is 0 Å². The zero-order valence-electron chi connectivity index (χ0n) is 18.3. The fraction of sp³-hybridized carbons (Fsp3) is 0.364. The summed E-state index contributed by atoms with van der Waals surface area (Å²) in [5.74, 6) is -0.822. The Labute approximate surface area is 188 Å². The predicted molar refractivity (Wildman–Crippen MR) is 120 cm³/mol. The standard InChI is InChI=1S/C22H29N3O6S/c1-16(18-7-5-4-6-8-18)31-15-20(27)13-23-22(28)14-25(3)32(29,30)21-11-9-19(10-12-21)24-17(2)26/h4-12,16,20,27H,13-15H2,1-3H3,(H,23,28)(H,24,26)/t16-,20+/m0/s1. The minimum atomic E-state index is -3.90. The minimum Gasteiger partial charge on any atom is -0.389 e. The van der Waals surface area contributed by atoms with Crippen LogP contribution in [0.15, 0.2) is 59.5 Å². The molecule has 0 saturated heterocycles. The number of likely N-dealkylation sites (N-methyl/N-ethyl adjacent to an activating group) is 1. The number of aliphatic hydroxyl groups is 1. The zero-order chi connectivity index (χ0) is 23.7. The maximum atomic E-state index is 12.6. The average molecular weight is 464 g/mol. The molecule has 174 valence electrons. The van der Waals surface area contributed by atoms with E-state index in [2.05, 4.69) is 10.6 Å². The topological polar surface area (TPSA) is 125 Å². The molecule has 0 bridgehead atoms. The second kappa shape index (κ2) is 11.7. The van der Waals surface area contributed by atoms with Crippen molar-refractivity contribution in [3.05, 3.63) is 60.2 Å². The third-order valence-corrected chi connectivity index (χ3v) is 6.41. The van der Waals surface area contributed by atoms with Crippen LogP contribution in [0.2, 0.25) is 0 Å². The van der Waals surface area contributed by atoms with Crippen molar-refractivity contribution in [3.63, 3.8) is 0 Å². The molecule has 0 spiro atoms. The number of benzene rings is 2. The van der Waals surface area contributed by atoms with Gasteiger partial charge in [-0.1, -0.05) is 30.3 Å². The molecule has 2 amide bonds. The predicted octanol–water partition coefficient (Wildman–Crippen LogP) is 1.52. The van der Waals surface area contributed by atoms with Gasteiger partial charge in [0, 0.05) is 26.2 Å². The van der Waals surface area contributed by atoms with E-state index in [1.807, 2.05) is 37.3 Å². The Morgan fingerprint density at radius 2 is 1.72 bits per heavy atom. The molecule has 0 aromatic heterocycles. The quantitative estimate of drug-likeness (QED) is 0.464. The second-order valence-corrected chi connectivity index (χ2v) is 9.36. The van der Waals surface area contributed by atoms with Crippen LogP contribution in [0.4, 0.5) is 5.69 Å². The van der Waals surface area contributed by atoms with Gasteiger partial charge in [0.15, 0.2) is 0 Å². The molecule has 32 heavy (non-hydrogen) atoms. The summed E-state index contributed by atoms with van der Waals surface area (Å²) in [6, 6.07) is 15.2. The van der Waals surface area contributed by atoms with Crippen molar-refractivity contribution < 1.29 is 27.9 Å². The van der Waals surface area contributed by atoms with E-state index in [0.29, 0.717) is 5.69 Å². The molecule has 2 atom stereocenters. The molecule has 3 N–H and O–H groups in total. The summed E-state index contributed by atoms with van der Waals surface area (Å²) in [5.41, 5.74) is 1.44. The Kier molecular flexibility index (Phi) is 9.33. The summed E-state index contributed by atoms with van der Waals surface area (Å²) in [6.45, 7) is 2.75. The van der Waals surface area contributed by atoms with Crippen molar-refractivity contribution in [3.8, 4) is 0 Å². The summed E-state index contributed by atoms with van der Waals surface area (Å²) in [5, 5.41) is 15.1. The van der Waals surface area contributed by atoms with Crippen LogP contribution in [0.1, 0.15) is 25.5 Å². The fourth-order valence-corrected chi connectivity index (χ4v) is 3.93. The van der Waals surface area contributed by atoms with Crippen molar-refractivity contribution in [1.29, 1.82) is 0 Å². The van der Waals surface area contributed by atoms with Gasteiger partial charge < -0.3 is 20.5 Å². The first-order chi connectivity index (χ1) is 15.1. The van der Waals surface area contributed by atoms with Gasteiger partial charge in [-0.25, -0.2) is 8.42 Å². The van der Waals surface area contributed by atoms with E-state index in [-0.39, 0.29) is 30.1 Å². The van der Waals surface area contributed by atoms with Crippen LogP contribution in [-0.4, -0.2) is 62.5 Å². The van der Waals surface area contributed by atoms with Crippen LogP contribution in [0, 0.1) is 0 Å². The lowest BCUT2D eigenvalue weighted by atomic mass is 10.1. The Morgan fingerprint density at radius 3 is 2.31 bits per heavy atom. The van der Waals surface area contributed by atoms with E-state index in [9.17, 15) is 23.1 Å². The number of sulfonamides is 1. The molecule has 0 aliphatic rings. The average Bonchev–Trinajstić information content (AvgIpc) is 2.76. The minimum absolute atomic E-state index is 0.00904. The van der Waals surface area contributed by atoms with E-state index in [1.165, 1.54) is 38.2 Å². The maximum Gasteiger partial charge on any atom is 0.243 e. The molecule has 0 aliphatic carbocycles. The fourth-order valence-electron chi connectivity index (χ4n) is 2.80. The molecule has 0 unspecified atom stereocenters. The summed E-state index contributed by atoms with van der Waals surface area (Å²) < 4.78 is 31.8. The van der Waals surface area contributed by atoms with Crippen LogP contribution < -0.4 is 10.6 Å². The summed E-state index contributed by atoms with van der Waals surface area (Å²) in [6.07, 6.45) is -1.15. The van der Waals surface area contributed by atoms with Crippen LogP contribution in [0.5, 0.6) is 0 Å². The maximum absolute atomic E-state index is 12.6. The Bertz CT molecular complexity index is 996. The molecule has 0 heterocycles. The van der Waals surface area contributed by atoms with Gasteiger partial charge >= 0.3 is 0 Å². The number of nitrogens with one attached hydrogen (secondary N) is 2. The number of ether oxygens (including phenoxy) is 1. The summed E-state index contributed by atoms with van der Waals surface area (Å²) in [7, 11) is -2.61. The highest BCUT2D eigenvalue weighted by molar-refractivity contribution is 7.89. The molecule has 2 aromatic carbocycles. The zero-order valence-corrected chi connectivity index (χ0v) is 19.1. The molecule has 0 saturated carbocycles. The SMILES string of the molecule is CC(=O)Nc1ccc(S(=O)(=O)N(C)CC(=O)NC[C@@H](O)CO[C@@H](C)c2ccccc2)cc1. The van der Waals surface area contributed by atoms with Gasteiger partial charge in [-0.05, 0) is 36.8 Å². The highest BCUT2D eigenvalue weighted by atomic mass is 32.2. The Morgan fingerprint density at radius 1 is 1.09 bits per heavy atom. The smallest absolute Gasteiger partial charge is 0.243 e. The lowest BCUT2D eigenvalue weighted by Gasteiger charge is -2.19. The molecular weight excluding hydrogens is 434 g/mol. The molecule has 0 aliphatic heterocycles.